The molecule has 1 aliphatic rings. The first-order valence-corrected chi connectivity index (χ1v) is 9.96. The number of benzene rings is 2. The fourth-order valence-electron chi connectivity index (χ4n) is 2.42. The van der Waals surface area contributed by atoms with Gasteiger partial charge >= 0.3 is 5.97 Å². The number of hydrogen-bond acceptors (Lipinski definition) is 6. The van der Waals surface area contributed by atoms with Crippen LogP contribution in [0.2, 0.25) is 5.02 Å². The minimum Gasteiger partial charge on any atom is -0.487 e. The van der Waals surface area contributed by atoms with Crippen LogP contribution in [-0.2, 0) is 9.53 Å². The van der Waals surface area contributed by atoms with E-state index in [0.29, 0.717) is 26.9 Å². The van der Waals surface area contributed by atoms with Crippen LogP contribution in [0.3, 0.4) is 0 Å². The molecule has 0 aliphatic carbocycles. The molecule has 0 radical (unpaired) electrons. The molecule has 10 heteroatoms. The van der Waals surface area contributed by atoms with Gasteiger partial charge in [0, 0.05) is 12.1 Å². The monoisotopic (exact) mass is 540 g/mol. The summed E-state index contributed by atoms with van der Waals surface area (Å²) in [7, 11) is 0. The number of carbonyl (C=O) groups is 1. The SMILES string of the molecule is C=CCOc1c(Br)cc(/C=C2\N=C(c3cc([N+](=O)[O-])ccc3Cl)OC2=O)cc1Br. The zero-order valence-electron chi connectivity index (χ0n) is 14.5. The van der Waals surface area contributed by atoms with Gasteiger partial charge in [-0.1, -0.05) is 24.3 Å². The average molecular weight is 543 g/mol. The summed E-state index contributed by atoms with van der Waals surface area (Å²) in [5, 5.41) is 11.2. The standard InChI is InChI=1S/C19H11Br2ClN2O5/c1-2-5-28-17-13(20)6-10(7-14(17)21)8-16-19(25)29-18(23-16)12-9-11(24(26)27)3-4-15(12)22/h2-4,6-9H,1,5H2/b16-8-. The van der Waals surface area contributed by atoms with E-state index in [-0.39, 0.29) is 27.9 Å². The number of nitro benzene ring substituents is 1. The number of aliphatic imine (C=N–C) groups is 1. The number of nitrogens with zero attached hydrogens (tertiary/aromatic N) is 2. The summed E-state index contributed by atoms with van der Waals surface area (Å²) in [6.45, 7) is 3.94. The molecule has 0 unspecified atom stereocenters. The maximum atomic E-state index is 12.2. The maximum Gasteiger partial charge on any atom is 0.363 e. The molecule has 0 saturated heterocycles. The summed E-state index contributed by atoms with van der Waals surface area (Å²) in [5.74, 6) is -0.200. The van der Waals surface area contributed by atoms with Gasteiger partial charge < -0.3 is 9.47 Å². The highest BCUT2D eigenvalue weighted by atomic mass is 79.9. The molecule has 0 atom stereocenters. The second kappa shape index (κ2) is 8.89. The second-order valence-corrected chi connectivity index (χ2v) is 7.79. The van der Waals surface area contributed by atoms with Crippen LogP contribution in [0.15, 0.2) is 62.6 Å². The van der Waals surface area contributed by atoms with Crippen LogP contribution >= 0.6 is 43.5 Å². The number of ether oxygens (including phenoxy) is 2. The predicted molar refractivity (Wildman–Crippen MR) is 116 cm³/mol. The molecule has 2 aromatic rings. The molecule has 0 spiro atoms. The van der Waals surface area contributed by atoms with Crippen LogP contribution in [0.4, 0.5) is 5.69 Å². The first kappa shape index (κ1) is 21.2. The Bertz CT molecular complexity index is 1070. The summed E-state index contributed by atoms with van der Waals surface area (Å²) < 4.78 is 12.1. The number of hydrogen-bond donors (Lipinski definition) is 0. The van der Waals surface area contributed by atoms with E-state index in [2.05, 4.69) is 43.4 Å². The van der Waals surface area contributed by atoms with Crippen LogP contribution < -0.4 is 4.74 Å². The molecule has 148 valence electrons. The highest BCUT2D eigenvalue weighted by Crippen LogP contribution is 2.36. The Balaban J connectivity index is 1.96. The van der Waals surface area contributed by atoms with Crippen molar-refractivity contribution in [1.29, 1.82) is 0 Å². The van der Waals surface area contributed by atoms with E-state index < -0.39 is 10.9 Å². The zero-order valence-corrected chi connectivity index (χ0v) is 18.5. The second-order valence-electron chi connectivity index (χ2n) is 5.67. The molecule has 0 aromatic heterocycles. The summed E-state index contributed by atoms with van der Waals surface area (Å²) in [5.41, 5.74) is 0.648. The van der Waals surface area contributed by atoms with E-state index in [9.17, 15) is 14.9 Å². The highest BCUT2D eigenvalue weighted by Gasteiger charge is 2.27. The summed E-state index contributed by atoms with van der Waals surface area (Å²) in [4.78, 5) is 26.8. The third-order valence-corrected chi connectivity index (χ3v) is 5.19. The van der Waals surface area contributed by atoms with Crippen molar-refractivity contribution in [2.24, 2.45) is 4.99 Å². The molecule has 0 N–H and O–H groups in total. The number of nitro groups is 1. The summed E-state index contributed by atoms with van der Waals surface area (Å²) in [6, 6.07) is 7.30. The van der Waals surface area contributed by atoms with Gasteiger partial charge in [0.2, 0.25) is 5.90 Å². The van der Waals surface area contributed by atoms with Gasteiger partial charge in [-0.15, -0.1) is 0 Å². The van der Waals surface area contributed by atoms with Gasteiger partial charge in [0.1, 0.15) is 12.4 Å². The molecule has 0 fully saturated rings. The van der Waals surface area contributed by atoms with Gasteiger partial charge in [0.15, 0.2) is 5.70 Å². The third kappa shape index (κ3) is 4.75. The summed E-state index contributed by atoms with van der Waals surface area (Å²) >= 11 is 12.9. The Morgan fingerprint density at radius 3 is 2.59 bits per heavy atom. The minimum atomic E-state index is -0.693. The lowest BCUT2D eigenvalue weighted by Crippen LogP contribution is -2.06. The zero-order chi connectivity index (χ0) is 21.1. The Labute approximate surface area is 187 Å². The normalized spacial score (nSPS) is 14.5. The van der Waals surface area contributed by atoms with E-state index in [0.717, 1.165) is 0 Å². The lowest BCUT2D eigenvalue weighted by molar-refractivity contribution is -0.384. The quantitative estimate of drug-likeness (QED) is 0.154. The molecule has 1 heterocycles. The number of halogens is 3. The fraction of sp³-hybridized carbons (Fsp3) is 0.0526. The van der Waals surface area contributed by atoms with Crippen LogP contribution in [0.5, 0.6) is 5.75 Å². The van der Waals surface area contributed by atoms with Crippen molar-refractivity contribution < 1.29 is 19.2 Å². The first-order valence-electron chi connectivity index (χ1n) is 7.99. The van der Waals surface area contributed by atoms with Gasteiger partial charge in [0.25, 0.3) is 5.69 Å². The van der Waals surface area contributed by atoms with Crippen molar-refractivity contribution in [3.8, 4) is 5.75 Å². The number of carbonyl (C=O) groups excluding carboxylic acids is 1. The van der Waals surface area contributed by atoms with Gasteiger partial charge in [-0.3, -0.25) is 10.1 Å². The molecule has 0 saturated carbocycles. The molecule has 29 heavy (non-hydrogen) atoms. The molecule has 0 amide bonds. The molecule has 7 nitrogen and oxygen atoms in total. The lowest BCUT2D eigenvalue weighted by Gasteiger charge is -2.09. The Morgan fingerprint density at radius 2 is 1.97 bits per heavy atom. The van der Waals surface area contributed by atoms with Gasteiger partial charge in [-0.05, 0) is 61.7 Å². The first-order chi connectivity index (χ1) is 13.8. The van der Waals surface area contributed by atoms with Crippen molar-refractivity contribution in [1.82, 2.24) is 0 Å². The molecule has 0 bridgehead atoms. The lowest BCUT2D eigenvalue weighted by atomic mass is 10.2. The topological polar surface area (TPSA) is 91.0 Å². The number of non-ortho nitro benzene ring substituents is 1. The highest BCUT2D eigenvalue weighted by molar-refractivity contribution is 9.11. The van der Waals surface area contributed by atoms with Crippen LogP contribution in [-0.4, -0.2) is 23.4 Å². The largest absolute Gasteiger partial charge is 0.487 e. The van der Waals surface area contributed by atoms with Crippen molar-refractivity contribution in [3.63, 3.8) is 0 Å². The number of esters is 1. The Morgan fingerprint density at radius 1 is 1.28 bits per heavy atom. The van der Waals surface area contributed by atoms with Crippen molar-refractivity contribution in [2.75, 3.05) is 6.61 Å². The average Bonchev–Trinajstić information content (AvgIpc) is 3.01. The molecule has 2 aromatic carbocycles. The molecule has 1 aliphatic heterocycles. The van der Waals surface area contributed by atoms with Crippen molar-refractivity contribution >= 4 is 67.1 Å². The number of rotatable bonds is 6. The fourth-order valence-corrected chi connectivity index (χ4v) is 4.07. The van der Waals surface area contributed by atoms with E-state index in [1.165, 1.54) is 24.3 Å². The third-order valence-electron chi connectivity index (χ3n) is 3.68. The molecular weight excluding hydrogens is 531 g/mol. The smallest absolute Gasteiger partial charge is 0.363 e. The minimum absolute atomic E-state index is 0.0288. The van der Waals surface area contributed by atoms with Gasteiger partial charge in [0.05, 0.1) is 24.5 Å². The van der Waals surface area contributed by atoms with E-state index in [1.807, 2.05) is 0 Å². The van der Waals surface area contributed by atoms with E-state index >= 15 is 0 Å². The van der Waals surface area contributed by atoms with Crippen LogP contribution in [0.25, 0.3) is 6.08 Å². The van der Waals surface area contributed by atoms with Crippen molar-refractivity contribution in [2.45, 2.75) is 0 Å². The molecule has 3 rings (SSSR count). The van der Waals surface area contributed by atoms with Gasteiger partial charge in [-0.2, -0.15) is 0 Å². The van der Waals surface area contributed by atoms with Crippen molar-refractivity contribution in [3.05, 3.63) is 83.9 Å². The van der Waals surface area contributed by atoms with Crippen LogP contribution in [0, 0.1) is 10.1 Å². The van der Waals surface area contributed by atoms with Crippen LogP contribution in [0.1, 0.15) is 11.1 Å². The Hall–Kier alpha value is -2.49. The van der Waals surface area contributed by atoms with E-state index in [1.54, 1.807) is 18.2 Å². The molecular formula is C19H11Br2ClN2O5. The maximum absolute atomic E-state index is 12.2. The number of cyclic esters (lactones) is 1. The van der Waals surface area contributed by atoms with Gasteiger partial charge in [-0.25, -0.2) is 9.79 Å². The van der Waals surface area contributed by atoms with E-state index in [4.69, 9.17) is 21.1 Å². The Kier molecular flexibility index (Phi) is 6.51. The summed E-state index contributed by atoms with van der Waals surface area (Å²) in [6.07, 6.45) is 3.14. The predicted octanol–water partition coefficient (Wildman–Crippen LogP) is 5.68.